The first kappa shape index (κ1) is 31.6. The smallest absolute Gasteiger partial charge is 0.244 e. The van der Waals surface area contributed by atoms with Crippen molar-refractivity contribution in [3.8, 4) is 0 Å². The van der Waals surface area contributed by atoms with Crippen LogP contribution in [0.2, 0.25) is 0 Å². The third-order valence-corrected chi connectivity index (χ3v) is 11.3. The minimum atomic E-state index is -3.77. The maximum atomic E-state index is 14.0. The van der Waals surface area contributed by atoms with Crippen molar-refractivity contribution in [2.45, 2.75) is 96.6 Å². The van der Waals surface area contributed by atoms with Crippen LogP contribution in [0.5, 0.6) is 0 Å². The van der Waals surface area contributed by atoms with E-state index in [-0.39, 0.29) is 24.4 Å². The van der Waals surface area contributed by atoms with E-state index in [0.717, 1.165) is 48.0 Å². The number of unbranched alkanes of at least 4 members (excludes halogenated alkanes) is 1. The van der Waals surface area contributed by atoms with Gasteiger partial charge in [-0.25, -0.2) is 8.42 Å². The van der Waals surface area contributed by atoms with Crippen molar-refractivity contribution >= 4 is 27.5 Å². The lowest BCUT2D eigenvalue weighted by atomic mass is 9.48. The summed E-state index contributed by atoms with van der Waals surface area (Å²) >= 11 is 0. The Morgan fingerprint density at radius 2 is 1.60 bits per heavy atom. The lowest BCUT2D eigenvalue weighted by molar-refractivity contribution is -0.140. The first-order chi connectivity index (χ1) is 20.5. The van der Waals surface area contributed by atoms with Gasteiger partial charge < -0.3 is 10.2 Å². The van der Waals surface area contributed by atoms with Gasteiger partial charge in [0.2, 0.25) is 21.8 Å². The summed E-state index contributed by atoms with van der Waals surface area (Å²) in [5, 5.41) is 2.98. The molecule has 0 aromatic heterocycles. The summed E-state index contributed by atoms with van der Waals surface area (Å²) in [5.74, 6) is 1.86. The molecule has 2 amide bonds. The Balaban J connectivity index is 1.39. The van der Waals surface area contributed by atoms with Gasteiger partial charge in [0.25, 0.3) is 0 Å². The Labute approximate surface area is 258 Å². The van der Waals surface area contributed by atoms with Gasteiger partial charge in [-0.15, -0.1) is 0 Å². The molecule has 0 radical (unpaired) electrons. The predicted octanol–water partition coefficient (Wildman–Crippen LogP) is 5.95. The van der Waals surface area contributed by atoms with Gasteiger partial charge in [-0.05, 0) is 105 Å². The number of benzene rings is 2. The number of hydrogen-bond acceptors (Lipinski definition) is 4. The summed E-state index contributed by atoms with van der Waals surface area (Å²) in [6.45, 7) is 6.35. The quantitative estimate of drug-likeness (QED) is 0.285. The number of carbonyl (C=O) groups excluding carboxylic acids is 2. The van der Waals surface area contributed by atoms with Crippen LogP contribution in [0, 0.1) is 24.7 Å². The van der Waals surface area contributed by atoms with Crippen LogP contribution in [0.1, 0.15) is 88.3 Å². The minimum absolute atomic E-state index is 0.206. The van der Waals surface area contributed by atoms with Crippen molar-refractivity contribution in [3.63, 3.8) is 0 Å². The van der Waals surface area contributed by atoms with Crippen molar-refractivity contribution in [2.75, 3.05) is 23.7 Å². The van der Waals surface area contributed by atoms with E-state index in [0.29, 0.717) is 18.7 Å². The zero-order valence-corrected chi connectivity index (χ0v) is 27.2. The summed E-state index contributed by atoms with van der Waals surface area (Å²) in [6.07, 6.45) is 11.2. The van der Waals surface area contributed by atoms with Crippen LogP contribution in [-0.4, -0.2) is 50.5 Å². The largest absolute Gasteiger partial charge is 0.354 e. The van der Waals surface area contributed by atoms with Crippen molar-refractivity contribution < 1.29 is 18.0 Å². The Morgan fingerprint density at radius 1 is 0.977 bits per heavy atom. The third kappa shape index (κ3) is 7.11. The molecule has 1 atom stereocenters. The maximum Gasteiger partial charge on any atom is 0.244 e. The van der Waals surface area contributed by atoms with E-state index in [4.69, 9.17) is 0 Å². The van der Waals surface area contributed by atoms with Gasteiger partial charge in [-0.1, -0.05) is 62.2 Å². The third-order valence-electron chi connectivity index (χ3n) is 10.1. The predicted molar refractivity (Wildman–Crippen MR) is 172 cm³/mol. The Hall–Kier alpha value is -2.87. The molecule has 7 nitrogen and oxygen atoms in total. The van der Waals surface area contributed by atoms with E-state index < -0.39 is 22.0 Å². The molecule has 4 saturated carbocycles. The molecule has 0 aliphatic heterocycles. The first-order valence-electron chi connectivity index (χ1n) is 16.2. The molecular formula is C35H49N3O4S. The molecule has 43 heavy (non-hydrogen) atoms. The topological polar surface area (TPSA) is 86.8 Å². The highest BCUT2D eigenvalue weighted by Crippen LogP contribution is 2.60. The van der Waals surface area contributed by atoms with Gasteiger partial charge in [0, 0.05) is 13.1 Å². The molecular weight excluding hydrogens is 558 g/mol. The Bertz CT molecular complexity index is 1370. The number of amides is 2. The van der Waals surface area contributed by atoms with Crippen molar-refractivity contribution in [3.05, 3.63) is 65.2 Å². The van der Waals surface area contributed by atoms with E-state index in [2.05, 4.69) is 24.4 Å². The molecule has 1 N–H and O–H groups in total. The number of carbonyl (C=O) groups is 2. The zero-order chi connectivity index (χ0) is 30.8. The molecule has 2 aromatic rings. The highest BCUT2D eigenvalue weighted by atomic mass is 32.2. The monoisotopic (exact) mass is 607 g/mol. The molecule has 6 rings (SSSR count). The number of aryl methyl sites for hydroxylation is 1. The van der Waals surface area contributed by atoms with Gasteiger partial charge in [0.1, 0.15) is 12.6 Å². The second kappa shape index (κ2) is 13.0. The number of rotatable bonds is 13. The van der Waals surface area contributed by atoms with Gasteiger partial charge in [0.05, 0.1) is 11.9 Å². The fourth-order valence-electron chi connectivity index (χ4n) is 8.49. The van der Waals surface area contributed by atoms with Crippen LogP contribution in [-0.2, 0) is 31.6 Å². The Morgan fingerprint density at radius 3 is 2.14 bits per heavy atom. The fraction of sp³-hybridized carbons (Fsp3) is 0.600. The van der Waals surface area contributed by atoms with E-state index in [9.17, 15) is 18.0 Å². The molecule has 4 aliphatic rings. The SMILES string of the molecule is CCCCNC(=O)C(CC)N(Cc1cccc(C)c1)C(=O)CN(c1ccc(C23CC4CC(CC(C4)C2)C3)cc1)S(C)(=O)=O. The molecule has 8 heteroatoms. The minimum Gasteiger partial charge on any atom is -0.354 e. The number of hydrogen-bond donors (Lipinski definition) is 1. The molecule has 4 fully saturated rings. The fourth-order valence-corrected chi connectivity index (χ4v) is 9.34. The van der Waals surface area contributed by atoms with E-state index in [1.165, 1.54) is 48.4 Å². The van der Waals surface area contributed by atoms with Gasteiger partial charge >= 0.3 is 0 Å². The van der Waals surface area contributed by atoms with Crippen molar-refractivity contribution in [2.24, 2.45) is 17.8 Å². The molecule has 0 spiro atoms. The van der Waals surface area contributed by atoms with Crippen molar-refractivity contribution in [1.29, 1.82) is 0 Å². The number of nitrogens with zero attached hydrogens (tertiary/aromatic N) is 2. The summed E-state index contributed by atoms with van der Waals surface area (Å²) in [7, 11) is -3.77. The summed E-state index contributed by atoms with van der Waals surface area (Å²) in [5.41, 5.74) is 3.97. The maximum absolute atomic E-state index is 14.0. The molecule has 0 heterocycles. The molecule has 4 bridgehead atoms. The van der Waals surface area contributed by atoms with Gasteiger partial charge in [-0.2, -0.15) is 0 Å². The lowest BCUT2D eigenvalue weighted by Gasteiger charge is -2.57. The van der Waals surface area contributed by atoms with Crippen LogP contribution in [0.3, 0.4) is 0 Å². The van der Waals surface area contributed by atoms with E-state index in [1.54, 1.807) is 4.90 Å². The van der Waals surface area contributed by atoms with E-state index >= 15 is 0 Å². The normalized spacial score (nSPS) is 24.9. The van der Waals surface area contributed by atoms with E-state index in [1.807, 2.05) is 50.2 Å². The van der Waals surface area contributed by atoms with Gasteiger partial charge in [-0.3, -0.25) is 13.9 Å². The van der Waals surface area contributed by atoms with Crippen molar-refractivity contribution in [1.82, 2.24) is 10.2 Å². The zero-order valence-electron chi connectivity index (χ0n) is 26.3. The summed E-state index contributed by atoms with van der Waals surface area (Å²) in [6, 6.07) is 15.1. The van der Waals surface area contributed by atoms with Crippen LogP contribution in [0.25, 0.3) is 0 Å². The number of sulfonamides is 1. The number of anilines is 1. The second-order valence-corrected chi connectivity index (χ2v) is 15.5. The van der Waals surface area contributed by atoms with Crippen LogP contribution < -0.4 is 9.62 Å². The average Bonchev–Trinajstić information content (AvgIpc) is 2.94. The first-order valence-corrected chi connectivity index (χ1v) is 18.1. The molecule has 2 aromatic carbocycles. The standard InChI is InChI=1S/C35H49N3O4S/c1-5-7-15-36-34(40)32(6-2)37(23-26-10-8-9-25(3)16-26)33(39)24-38(43(4,41)42)31-13-11-30(12-14-31)35-20-27-17-28(21-35)19-29(18-27)22-35/h8-14,16,27-29,32H,5-7,15,17-24H2,1-4H3,(H,36,40). The lowest BCUT2D eigenvalue weighted by Crippen LogP contribution is -2.52. The molecule has 0 saturated heterocycles. The number of nitrogens with one attached hydrogen (secondary N) is 1. The average molecular weight is 608 g/mol. The summed E-state index contributed by atoms with van der Waals surface area (Å²) in [4.78, 5) is 28.9. The van der Waals surface area contributed by atoms with Crippen LogP contribution >= 0.6 is 0 Å². The van der Waals surface area contributed by atoms with Crippen LogP contribution in [0.15, 0.2) is 48.5 Å². The molecule has 234 valence electrons. The summed E-state index contributed by atoms with van der Waals surface area (Å²) < 4.78 is 27.4. The van der Waals surface area contributed by atoms with Gasteiger partial charge in [0.15, 0.2) is 0 Å². The highest BCUT2D eigenvalue weighted by Gasteiger charge is 2.51. The Kier molecular flexibility index (Phi) is 9.55. The molecule has 4 aliphatic carbocycles. The molecule has 1 unspecified atom stereocenters. The highest BCUT2D eigenvalue weighted by molar-refractivity contribution is 7.92. The second-order valence-electron chi connectivity index (χ2n) is 13.6. The van der Waals surface area contributed by atoms with Crippen LogP contribution in [0.4, 0.5) is 5.69 Å².